The SMILES string of the molecule is COc1ccc2ncc(CF)c([C@H](F)CCC3(CO)CCN(CCSc4c(F)cc(F)cc4F)CC3)c2c1. The molecule has 1 aliphatic heterocycles. The third-order valence-electron chi connectivity index (χ3n) is 7.45. The molecule has 206 valence electrons. The Morgan fingerprint density at radius 3 is 2.47 bits per heavy atom. The molecule has 1 aromatic heterocycles. The molecule has 1 atom stereocenters. The highest BCUT2D eigenvalue weighted by Gasteiger charge is 2.35. The molecular weight excluding hydrogens is 523 g/mol. The number of hydrogen-bond acceptors (Lipinski definition) is 5. The van der Waals surface area contributed by atoms with Crippen LogP contribution in [-0.4, -0.2) is 54.1 Å². The second-order valence-corrected chi connectivity index (χ2v) is 10.9. The average Bonchev–Trinajstić information content (AvgIpc) is 2.92. The molecular formula is C28H31F5N2O2S. The van der Waals surface area contributed by atoms with Gasteiger partial charge in [-0.15, -0.1) is 11.8 Å². The summed E-state index contributed by atoms with van der Waals surface area (Å²) >= 11 is 0.998. The zero-order valence-electron chi connectivity index (χ0n) is 21.2. The van der Waals surface area contributed by atoms with Gasteiger partial charge in [-0.2, -0.15) is 0 Å². The van der Waals surface area contributed by atoms with Crippen molar-refractivity contribution >= 4 is 22.7 Å². The smallest absolute Gasteiger partial charge is 0.142 e. The molecule has 0 spiro atoms. The summed E-state index contributed by atoms with van der Waals surface area (Å²) in [6, 6.07) is 6.45. The van der Waals surface area contributed by atoms with Crippen molar-refractivity contribution in [2.24, 2.45) is 5.41 Å². The lowest BCUT2D eigenvalue weighted by Crippen LogP contribution is -2.43. The van der Waals surface area contributed by atoms with Crippen LogP contribution in [0.1, 0.15) is 43.0 Å². The summed E-state index contributed by atoms with van der Waals surface area (Å²) < 4.78 is 75.6. The summed E-state index contributed by atoms with van der Waals surface area (Å²) in [6.45, 7) is 0.947. The van der Waals surface area contributed by atoms with Crippen molar-refractivity contribution in [3.8, 4) is 5.75 Å². The molecule has 2 aromatic carbocycles. The van der Waals surface area contributed by atoms with Gasteiger partial charge in [-0.1, -0.05) is 0 Å². The zero-order valence-corrected chi connectivity index (χ0v) is 22.0. The quantitative estimate of drug-likeness (QED) is 0.209. The summed E-state index contributed by atoms with van der Waals surface area (Å²) in [5.41, 5.74) is 0.584. The summed E-state index contributed by atoms with van der Waals surface area (Å²) in [6.07, 6.45) is 1.78. The van der Waals surface area contributed by atoms with Crippen LogP contribution < -0.4 is 4.74 Å². The minimum Gasteiger partial charge on any atom is -0.497 e. The van der Waals surface area contributed by atoms with Crippen molar-refractivity contribution in [1.82, 2.24) is 9.88 Å². The Morgan fingerprint density at radius 1 is 1.13 bits per heavy atom. The summed E-state index contributed by atoms with van der Waals surface area (Å²) in [7, 11) is 1.51. The molecule has 10 heteroatoms. The Kier molecular flexibility index (Phi) is 9.49. The van der Waals surface area contributed by atoms with Gasteiger partial charge in [0, 0.05) is 53.7 Å². The fraction of sp³-hybridized carbons (Fsp3) is 0.464. The number of benzene rings is 2. The second kappa shape index (κ2) is 12.6. The molecule has 0 aliphatic carbocycles. The van der Waals surface area contributed by atoms with E-state index < -0.39 is 35.7 Å². The number of nitrogens with zero attached hydrogens (tertiary/aromatic N) is 2. The first-order chi connectivity index (χ1) is 18.3. The van der Waals surface area contributed by atoms with Crippen LogP contribution >= 0.6 is 11.8 Å². The Labute approximate surface area is 223 Å². The Balaban J connectivity index is 1.35. The molecule has 0 saturated carbocycles. The van der Waals surface area contributed by atoms with Gasteiger partial charge >= 0.3 is 0 Å². The number of thioether (sulfide) groups is 1. The van der Waals surface area contributed by atoms with Crippen molar-refractivity contribution in [3.05, 3.63) is 65.1 Å². The van der Waals surface area contributed by atoms with Gasteiger partial charge < -0.3 is 14.7 Å². The molecule has 1 fully saturated rings. The van der Waals surface area contributed by atoms with Crippen molar-refractivity contribution in [2.75, 3.05) is 39.1 Å². The first-order valence-electron chi connectivity index (χ1n) is 12.6. The standard InChI is InChI=1S/C28H31F5N2O2S/c1-37-20-2-3-25-21(14-20)26(18(15-29)16-34-25)22(31)4-5-28(17-36)6-8-35(9-7-28)10-11-38-27-23(32)12-19(30)13-24(27)33/h2-3,12-14,16,22,36H,4-11,15,17H2,1H3/t22-/m1/s1. The van der Waals surface area contributed by atoms with Crippen LogP contribution in [0.4, 0.5) is 22.0 Å². The third-order valence-corrected chi connectivity index (χ3v) is 8.52. The molecule has 0 radical (unpaired) electrons. The van der Waals surface area contributed by atoms with Crippen molar-refractivity contribution < 1.29 is 31.8 Å². The van der Waals surface area contributed by atoms with Gasteiger partial charge in [-0.25, -0.2) is 22.0 Å². The zero-order chi connectivity index (χ0) is 27.3. The van der Waals surface area contributed by atoms with Gasteiger partial charge in [0.25, 0.3) is 0 Å². The first-order valence-corrected chi connectivity index (χ1v) is 13.5. The predicted octanol–water partition coefficient (Wildman–Crippen LogP) is 6.79. The largest absolute Gasteiger partial charge is 0.497 e. The average molecular weight is 555 g/mol. The lowest BCUT2D eigenvalue weighted by Gasteiger charge is -2.41. The highest BCUT2D eigenvalue weighted by Crippen LogP contribution is 2.41. The van der Waals surface area contributed by atoms with E-state index in [0.29, 0.717) is 73.4 Å². The molecule has 0 bridgehead atoms. The Hall–Kier alpha value is -2.43. The number of ether oxygens (including phenoxy) is 1. The van der Waals surface area contributed by atoms with E-state index in [1.807, 2.05) is 0 Å². The van der Waals surface area contributed by atoms with Crippen LogP contribution in [0.5, 0.6) is 5.75 Å². The highest BCUT2D eigenvalue weighted by atomic mass is 32.2. The van der Waals surface area contributed by atoms with Gasteiger partial charge in [-0.3, -0.25) is 4.98 Å². The van der Waals surface area contributed by atoms with Crippen LogP contribution in [0.3, 0.4) is 0 Å². The molecule has 4 rings (SSSR count). The summed E-state index contributed by atoms with van der Waals surface area (Å²) in [5.74, 6) is -1.83. The van der Waals surface area contributed by atoms with Crippen LogP contribution in [0.25, 0.3) is 10.9 Å². The summed E-state index contributed by atoms with van der Waals surface area (Å²) in [4.78, 5) is 6.19. The Morgan fingerprint density at radius 2 is 1.84 bits per heavy atom. The van der Waals surface area contributed by atoms with Crippen LogP contribution in [-0.2, 0) is 6.67 Å². The van der Waals surface area contributed by atoms with Crippen molar-refractivity contribution in [2.45, 2.75) is 43.4 Å². The summed E-state index contributed by atoms with van der Waals surface area (Å²) in [5, 5.41) is 10.7. The van der Waals surface area contributed by atoms with E-state index in [2.05, 4.69) is 9.88 Å². The number of aliphatic hydroxyl groups excluding tert-OH is 1. The fourth-order valence-electron chi connectivity index (χ4n) is 5.10. The van der Waals surface area contributed by atoms with E-state index in [4.69, 9.17) is 4.74 Å². The third kappa shape index (κ3) is 6.40. The van der Waals surface area contributed by atoms with E-state index in [0.717, 1.165) is 11.8 Å². The number of pyridine rings is 1. The fourth-order valence-corrected chi connectivity index (χ4v) is 6.04. The predicted molar refractivity (Wildman–Crippen MR) is 138 cm³/mol. The van der Waals surface area contributed by atoms with E-state index in [-0.39, 0.29) is 29.1 Å². The highest BCUT2D eigenvalue weighted by molar-refractivity contribution is 7.99. The minimum atomic E-state index is -1.43. The first kappa shape index (κ1) is 28.6. The van der Waals surface area contributed by atoms with Gasteiger partial charge in [0.2, 0.25) is 0 Å². The minimum absolute atomic E-state index is 0.0881. The molecule has 1 N–H and O–H groups in total. The second-order valence-electron chi connectivity index (χ2n) is 9.77. The van der Waals surface area contributed by atoms with Crippen molar-refractivity contribution in [1.29, 1.82) is 0 Å². The normalized spacial score (nSPS) is 16.6. The van der Waals surface area contributed by atoms with Crippen molar-refractivity contribution in [3.63, 3.8) is 0 Å². The number of hydrogen-bond donors (Lipinski definition) is 1. The van der Waals surface area contributed by atoms with Gasteiger partial charge in [0.05, 0.1) is 17.5 Å². The number of likely N-dealkylation sites (tertiary alicyclic amines) is 1. The topological polar surface area (TPSA) is 45.6 Å². The number of aliphatic hydroxyl groups is 1. The molecule has 2 heterocycles. The molecule has 0 amide bonds. The van der Waals surface area contributed by atoms with Gasteiger partial charge in [0.15, 0.2) is 0 Å². The van der Waals surface area contributed by atoms with E-state index in [9.17, 15) is 22.7 Å². The molecule has 0 unspecified atom stereocenters. The van der Waals surface area contributed by atoms with E-state index >= 15 is 4.39 Å². The van der Waals surface area contributed by atoms with Crippen LogP contribution in [0, 0.1) is 22.9 Å². The van der Waals surface area contributed by atoms with Gasteiger partial charge in [-0.05, 0) is 62.4 Å². The molecule has 4 nitrogen and oxygen atoms in total. The number of alkyl halides is 2. The van der Waals surface area contributed by atoms with Crippen LogP contribution in [0.15, 0.2) is 41.4 Å². The molecule has 1 aliphatic rings. The maximum atomic E-state index is 15.7. The number of rotatable bonds is 11. The molecule has 3 aromatic rings. The lowest BCUT2D eigenvalue weighted by molar-refractivity contribution is 0.0322. The van der Waals surface area contributed by atoms with Crippen LogP contribution in [0.2, 0.25) is 0 Å². The number of aromatic nitrogens is 1. The van der Waals surface area contributed by atoms with E-state index in [1.165, 1.54) is 13.3 Å². The number of methoxy groups -OCH3 is 1. The maximum Gasteiger partial charge on any atom is 0.142 e. The maximum absolute atomic E-state index is 15.7. The number of fused-ring (bicyclic) bond motifs is 1. The Bertz CT molecular complexity index is 1230. The number of piperidine rings is 1. The van der Waals surface area contributed by atoms with E-state index in [1.54, 1.807) is 18.2 Å². The monoisotopic (exact) mass is 554 g/mol. The molecule has 38 heavy (non-hydrogen) atoms. The molecule has 1 saturated heterocycles. The van der Waals surface area contributed by atoms with Gasteiger partial charge in [0.1, 0.15) is 36.0 Å². The number of halogens is 5. The lowest BCUT2D eigenvalue weighted by atomic mass is 9.74.